The summed E-state index contributed by atoms with van der Waals surface area (Å²) in [6, 6.07) is 10.0. The second-order valence-electron chi connectivity index (χ2n) is 7.19. The molecule has 164 valence electrons. The summed E-state index contributed by atoms with van der Waals surface area (Å²) in [4.78, 5) is 30.0. The monoisotopic (exact) mass is 447 g/mol. The Kier molecular flexibility index (Phi) is 6.97. The van der Waals surface area contributed by atoms with E-state index in [1.807, 2.05) is 32.0 Å². The van der Waals surface area contributed by atoms with Crippen molar-refractivity contribution in [3.8, 4) is 5.69 Å². The third-order valence-corrected chi connectivity index (χ3v) is 5.46. The molecule has 0 spiro atoms. The van der Waals surface area contributed by atoms with Gasteiger partial charge in [0.1, 0.15) is 0 Å². The fraction of sp³-hybridized carbons (Fsp3) is 0.318. The predicted molar refractivity (Wildman–Crippen MR) is 118 cm³/mol. The molecule has 0 atom stereocenters. The number of methoxy groups -OCH3 is 1. The molecule has 0 bridgehead atoms. The topological polar surface area (TPSA) is 67.3 Å². The van der Waals surface area contributed by atoms with Gasteiger partial charge in [0.05, 0.1) is 29.7 Å². The highest BCUT2D eigenvalue weighted by Gasteiger charge is 2.20. The molecular weight excluding hydrogens is 424 g/mol. The number of carbonyl (C=O) groups is 1. The number of H-pyrrole nitrogens is 1. The van der Waals surface area contributed by atoms with Crippen LogP contribution in [0.3, 0.4) is 0 Å². The average Bonchev–Trinajstić information content (AvgIpc) is 2.73. The summed E-state index contributed by atoms with van der Waals surface area (Å²) in [6.45, 7) is 3.32. The number of rotatable bonds is 7. The van der Waals surface area contributed by atoms with Crippen molar-refractivity contribution in [1.29, 1.82) is 0 Å². The fourth-order valence-corrected chi connectivity index (χ4v) is 3.67. The number of halogens is 2. The van der Waals surface area contributed by atoms with Crippen molar-refractivity contribution >= 4 is 29.0 Å². The number of ether oxygens (including phenoxy) is 1. The number of hydrogen-bond donors (Lipinski definition) is 1. The lowest BCUT2D eigenvalue weighted by Crippen LogP contribution is -2.37. The van der Waals surface area contributed by atoms with Gasteiger partial charge >= 0.3 is 0 Å². The van der Waals surface area contributed by atoms with Crippen LogP contribution in [-0.2, 0) is 4.74 Å². The van der Waals surface area contributed by atoms with Crippen LogP contribution in [0.2, 0.25) is 0 Å². The van der Waals surface area contributed by atoms with Crippen molar-refractivity contribution in [2.45, 2.75) is 20.3 Å². The van der Waals surface area contributed by atoms with Crippen molar-refractivity contribution in [2.24, 2.45) is 0 Å². The summed E-state index contributed by atoms with van der Waals surface area (Å²) in [6.07, 6.45) is -2.67. The van der Waals surface area contributed by atoms with E-state index in [1.54, 1.807) is 0 Å². The number of carbonyl (C=O) groups excluding carboxylic acids is 1. The molecule has 0 aliphatic rings. The summed E-state index contributed by atoms with van der Waals surface area (Å²) in [5.41, 5.74) is 2.85. The number of fused-ring (bicyclic) bond motifs is 1. The Bertz CT molecular complexity index is 1240. The van der Waals surface area contributed by atoms with Crippen LogP contribution in [0, 0.1) is 18.6 Å². The van der Waals surface area contributed by atoms with Crippen LogP contribution in [0.25, 0.3) is 16.6 Å². The van der Waals surface area contributed by atoms with Crippen LogP contribution in [0.1, 0.15) is 21.5 Å². The van der Waals surface area contributed by atoms with Gasteiger partial charge in [-0.15, -0.1) is 0 Å². The summed E-state index contributed by atoms with van der Waals surface area (Å²) in [7, 11) is 1.43. The van der Waals surface area contributed by atoms with Gasteiger partial charge in [-0.1, -0.05) is 12.1 Å². The van der Waals surface area contributed by atoms with E-state index in [2.05, 4.69) is 4.98 Å². The molecule has 3 rings (SSSR count). The zero-order valence-corrected chi connectivity index (χ0v) is 18.3. The first-order valence-electron chi connectivity index (χ1n) is 9.66. The number of aromatic nitrogens is 2. The minimum atomic E-state index is -2.67. The van der Waals surface area contributed by atoms with Crippen LogP contribution in [0.15, 0.2) is 41.2 Å². The van der Waals surface area contributed by atoms with E-state index >= 15 is 0 Å². The Balaban J connectivity index is 2.08. The molecule has 2 aromatic carbocycles. The molecule has 6 nitrogen and oxygen atoms in total. The van der Waals surface area contributed by atoms with Gasteiger partial charge in [0.2, 0.25) is 0 Å². The van der Waals surface area contributed by atoms with Crippen molar-refractivity contribution in [3.63, 3.8) is 0 Å². The van der Waals surface area contributed by atoms with E-state index < -0.39 is 18.9 Å². The van der Waals surface area contributed by atoms with Gasteiger partial charge in [-0.25, -0.2) is 8.78 Å². The van der Waals surface area contributed by atoms with Crippen molar-refractivity contribution < 1.29 is 18.3 Å². The molecule has 1 amide bonds. The molecule has 0 fully saturated rings. The number of nitrogens with zero attached hydrogens (tertiary/aromatic N) is 2. The third-order valence-electron chi connectivity index (χ3n) is 5.17. The fourth-order valence-electron chi connectivity index (χ4n) is 3.37. The first-order chi connectivity index (χ1) is 14.7. The van der Waals surface area contributed by atoms with Gasteiger partial charge in [0, 0.05) is 19.2 Å². The molecule has 0 saturated heterocycles. The highest BCUT2D eigenvalue weighted by atomic mass is 32.1. The van der Waals surface area contributed by atoms with Crippen LogP contribution in [0.5, 0.6) is 0 Å². The van der Waals surface area contributed by atoms with Gasteiger partial charge in [0.15, 0.2) is 4.77 Å². The second-order valence-corrected chi connectivity index (χ2v) is 7.57. The third kappa shape index (κ3) is 4.72. The van der Waals surface area contributed by atoms with E-state index in [9.17, 15) is 18.4 Å². The van der Waals surface area contributed by atoms with Crippen molar-refractivity contribution in [3.05, 3.63) is 68.2 Å². The van der Waals surface area contributed by atoms with Crippen LogP contribution in [-0.4, -0.2) is 53.6 Å². The number of nitrogens with one attached hydrogen (secondary N) is 1. The SMILES string of the molecule is COCCN(CC(F)F)C(=O)c1ccc2c(=O)n(-c3cccc(C)c3C)c(=S)[nH]c2c1. The maximum absolute atomic E-state index is 13.2. The lowest BCUT2D eigenvalue weighted by molar-refractivity contribution is 0.0478. The number of aryl methyl sites for hydroxylation is 1. The zero-order valence-electron chi connectivity index (χ0n) is 17.4. The van der Waals surface area contributed by atoms with Crippen molar-refractivity contribution in [2.75, 3.05) is 26.8 Å². The first-order valence-corrected chi connectivity index (χ1v) is 10.1. The minimum absolute atomic E-state index is 0.0297. The molecule has 1 aromatic heterocycles. The van der Waals surface area contributed by atoms with Gasteiger partial charge in [0.25, 0.3) is 17.9 Å². The Morgan fingerprint density at radius 1 is 1.26 bits per heavy atom. The standard InChI is InChI=1S/C22H23F2N3O3S/c1-13-5-4-6-18(14(13)2)27-21(29)16-8-7-15(11-17(16)25-22(27)31)20(28)26(9-10-30-3)12-19(23)24/h4-8,11,19H,9-10,12H2,1-3H3,(H,25,31). The zero-order chi connectivity index (χ0) is 22.7. The minimum Gasteiger partial charge on any atom is -0.383 e. The van der Waals surface area contributed by atoms with E-state index in [1.165, 1.54) is 29.9 Å². The summed E-state index contributed by atoms with van der Waals surface area (Å²) >= 11 is 5.42. The van der Waals surface area contributed by atoms with E-state index in [0.717, 1.165) is 16.0 Å². The van der Waals surface area contributed by atoms with Gasteiger partial charge in [-0.05, 0) is 61.5 Å². The number of benzene rings is 2. The van der Waals surface area contributed by atoms with E-state index in [0.29, 0.717) is 16.6 Å². The molecule has 31 heavy (non-hydrogen) atoms. The maximum Gasteiger partial charge on any atom is 0.266 e. The van der Waals surface area contributed by atoms with Crippen LogP contribution in [0.4, 0.5) is 8.78 Å². The largest absolute Gasteiger partial charge is 0.383 e. The Morgan fingerprint density at radius 2 is 2.00 bits per heavy atom. The van der Waals surface area contributed by atoms with Gasteiger partial charge < -0.3 is 14.6 Å². The molecule has 1 N–H and O–H groups in total. The van der Waals surface area contributed by atoms with Crippen molar-refractivity contribution in [1.82, 2.24) is 14.5 Å². The Hall–Kier alpha value is -2.91. The lowest BCUT2D eigenvalue weighted by Gasteiger charge is -2.22. The average molecular weight is 448 g/mol. The Morgan fingerprint density at radius 3 is 2.68 bits per heavy atom. The van der Waals surface area contributed by atoms with Gasteiger partial charge in [-0.2, -0.15) is 0 Å². The predicted octanol–water partition coefficient (Wildman–Crippen LogP) is 4.02. The molecule has 1 heterocycles. The summed E-state index contributed by atoms with van der Waals surface area (Å²) in [5.74, 6) is -0.572. The smallest absolute Gasteiger partial charge is 0.266 e. The van der Waals surface area contributed by atoms with Crippen LogP contribution >= 0.6 is 12.2 Å². The quantitative estimate of drug-likeness (QED) is 0.556. The molecule has 0 saturated carbocycles. The number of amides is 1. The molecule has 0 aliphatic heterocycles. The number of hydrogen-bond acceptors (Lipinski definition) is 4. The first kappa shape index (κ1) is 22.8. The van der Waals surface area contributed by atoms with Crippen LogP contribution < -0.4 is 5.56 Å². The molecule has 0 aliphatic carbocycles. The highest BCUT2D eigenvalue weighted by molar-refractivity contribution is 7.71. The summed E-state index contributed by atoms with van der Waals surface area (Å²) in [5, 5.41) is 0.336. The number of aromatic amines is 1. The molecular formula is C22H23F2N3O3S. The molecule has 0 unspecified atom stereocenters. The molecule has 9 heteroatoms. The van der Waals surface area contributed by atoms with E-state index in [-0.39, 0.29) is 29.0 Å². The molecule has 3 aromatic rings. The highest BCUT2D eigenvalue weighted by Crippen LogP contribution is 2.19. The summed E-state index contributed by atoms with van der Waals surface area (Å²) < 4.78 is 32.3. The normalized spacial score (nSPS) is 11.3. The lowest BCUT2D eigenvalue weighted by atomic mass is 10.1. The second kappa shape index (κ2) is 9.49. The van der Waals surface area contributed by atoms with E-state index in [4.69, 9.17) is 17.0 Å². The van der Waals surface area contributed by atoms with Gasteiger partial charge in [-0.3, -0.25) is 14.2 Å². The maximum atomic E-state index is 13.2. The molecule has 0 radical (unpaired) electrons. The number of alkyl halides is 2. The Labute approximate surface area is 183 Å².